The van der Waals surface area contributed by atoms with Crippen molar-refractivity contribution in [1.29, 1.82) is 0 Å². The van der Waals surface area contributed by atoms with Crippen molar-refractivity contribution in [1.82, 2.24) is 9.80 Å². The SMILES string of the molecule is CN1C(=O)C(=O)N(Cc2ccc(N)cc2)C1=O. The van der Waals surface area contributed by atoms with Gasteiger partial charge in [0.05, 0.1) is 6.54 Å². The van der Waals surface area contributed by atoms with E-state index < -0.39 is 17.8 Å². The number of benzene rings is 1. The van der Waals surface area contributed by atoms with Gasteiger partial charge in [0.2, 0.25) is 0 Å². The van der Waals surface area contributed by atoms with Crippen LogP contribution in [0.3, 0.4) is 0 Å². The summed E-state index contributed by atoms with van der Waals surface area (Å²) in [6.07, 6.45) is 0. The lowest BCUT2D eigenvalue weighted by atomic mass is 10.2. The molecule has 1 aromatic carbocycles. The fourth-order valence-electron chi connectivity index (χ4n) is 1.56. The summed E-state index contributed by atoms with van der Waals surface area (Å²) in [6.45, 7) is 0.0774. The predicted molar refractivity (Wildman–Crippen MR) is 59.6 cm³/mol. The number of hydrogen-bond acceptors (Lipinski definition) is 4. The number of nitrogen functional groups attached to an aromatic ring is 1. The maximum Gasteiger partial charge on any atom is 0.334 e. The Morgan fingerprint density at radius 1 is 1.06 bits per heavy atom. The van der Waals surface area contributed by atoms with Crippen LogP contribution < -0.4 is 5.73 Å². The molecule has 0 aromatic heterocycles. The highest BCUT2D eigenvalue weighted by Crippen LogP contribution is 2.15. The maximum absolute atomic E-state index is 11.6. The summed E-state index contributed by atoms with van der Waals surface area (Å²) in [5.41, 5.74) is 6.86. The highest BCUT2D eigenvalue weighted by atomic mass is 16.2. The summed E-state index contributed by atoms with van der Waals surface area (Å²) >= 11 is 0. The van der Waals surface area contributed by atoms with Gasteiger partial charge >= 0.3 is 17.8 Å². The molecule has 2 N–H and O–H groups in total. The zero-order valence-corrected chi connectivity index (χ0v) is 9.21. The van der Waals surface area contributed by atoms with Crippen LogP contribution in [-0.4, -0.2) is 34.7 Å². The second-order valence-electron chi connectivity index (χ2n) is 3.78. The van der Waals surface area contributed by atoms with Gasteiger partial charge in [0.15, 0.2) is 0 Å². The van der Waals surface area contributed by atoms with Crippen molar-refractivity contribution in [2.75, 3.05) is 12.8 Å². The standard InChI is InChI=1S/C11H11N3O3/c1-13-9(15)10(16)14(11(13)17)6-7-2-4-8(12)5-3-7/h2-5H,6,12H2,1H3. The van der Waals surface area contributed by atoms with Crippen LogP contribution in [0.25, 0.3) is 0 Å². The molecule has 6 nitrogen and oxygen atoms in total. The van der Waals surface area contributed by atoms with Gasteiger partial charge in [-0.2, -0.15) is 0 Å². The zero-order valence-electron chi connectivity index (χ0n) is 9.21. The van der Waals surface area contributed by atoms with Gasteiger partial charge in [0.25, 0.3) is 0 Å². The van der Waals surface area contributed by atoms with Crippen molar-refractivity contribution in [3.63, 3.8) is 0 Å². The van der Waals surface area contributed by atoms with E-state index in [2.05, 4.69) is 0 Å². The molecule has 4 amide bonds. The van der Waals surface area contributed by atoms with Crippen molar-refractivity contribution in [2.24, 2.45) is 0 Å². The monoisotopic (exact) mass is 233 g/mol. The Morgan fingerprint density at radius 3 is 2.12 bits per heavy atom. The summed E-state index contributed by atoms with van der Waals surface area (Å²) in [4.78, 5) is 36.0. The van der Waals surface area contributed by atoms with E-state index in [0.717, 1.165) is 15.4 Å². The first-order valence-corrected chi connectivity index (χ1v) is 4.98. The molecule has 1 fully saturated rings. The second kappa shape index (κ2) is 3.89. The van der Waals surface area contributed by atoms with Crippen LogP contribution in [0.1, 0.15) is 5.56 Å². The normalized spacial score (nSPS) is 15.9. The van der Waals surface area contributed by atoms with Crippen molar-refractivity contribution in [2.45, 2.75) is 6.54 Å². The first kappa shape index (κ1) is 11.1. The minimum Gasteiger partial charge on any atom is -0.399 e. The molecule has 0 unspecified atom stereocenters. The number of likely N-dealkylation sites (N-methyl/N-ethyl adjacent to an activating group) is 1. The third kappa shape index (κ3) is 1.84. The van der Waals surface area contributed by atoms with Crippen molar-refractivity contribution in [3.8, 4) is 0 Å². The number of carbonyl (C=O) groups is 3. The molecule has 0 aliphatic carbocycles. The van der Waals surface area contributed by atoms with Gasteiger partial charge in [-0.3, -0.25) is 19.4 Å². The third-order valence-corrected chi connectivity index (χ3v) is 2.57. The van der Waals surface area contributed by atoms with E-state index in [-0.39, 0.29) is 6.54 Å². The molecule has 0 radical (unpaired) electrons. The molecule has 1 aliphatic rings. The molecule has 1 aromatic rings. The minimum atomic E-state index is -0.801. The molecule has 2 rings (SSSR count). The number of anilines is 1. The number of amides is 4. The average molecular weight is 233 g/mol. The van der Waals surface area contributed by atoms with Crippen LogP contribution in [0, 0.1) is 0 Å². The van der Waals surface area contributed by atoms with Gasteiger partial charge in [0, 0.05) is 12.7 Å². The largest absolute Gasteiger partial charge is 0.399 e. The fraction of sp³-hybridized carbons (Fsp3) is 0.182. The molecule has 1 heterocycles. The molecule has 1 saturated heterocycles. The molecule has 1 aliphatic heterocycles. The molecular weight excluding hydrogens is 222 g/mol. The Hall–Kier alpha value is -2.37. The van der Waals surface area contributed by atoms with Crippen molar-refractivity contribution in [3.05, 3.63) is 29.8 Å². The van der Waals surface area contributed by atoms with Gasteiger partial charge in [0.1, 0.15) is 0 Å². The molecule has 0 saturated carbocycles. The van der Waals surface area contributed by atoms with Crippen molar-refractivity contribution >= 4 is 23.5 Å². The summed E-state index contributed by atoms with van der Waals surface area (Å²) in [5, 5.41) is 0. The molecule has 88 valence electrons. The van der Waals surface area contributed by atoms with E-state index in [1.165, 1.54) is 7.05 Å². The first-order chi connectivity index (χ1) is 8.00. The van der Waals surface area contributed by atoms with Crippen LogP contribution in [0.2, 0.25) is 0 Å². The number of rotatable bonds is 2. The molecule has 17 heavy (non-hydrogen) atoms. The number of urea groups is 1. The summed E-state index contributed by atoms with van der Waals surface area (Å²) in [5.74, 6) is -1.60. The third-order valence-electron chi connectivity index (χ3n) is 2.57. The Morgan fingerprint density at radius 2 is 1.65 bits per heavy atom. The minimum absolute atomic E-state index is 0.0774. The van der Waals surface area contributed by atoms with Crippen LogP contribution in [-0.2, 0) is 16.1 Å². The van der Waals surface area contributed by atoms with Crippen LogP contribution in [0.15, 0.2) is 24.3 Å². The highest BCUT2D eigenvalue weighted by Gasteiger charge is 2.41. The molecular formula is C11H11N3O3. The number of carbonyl (C=O) groups excluding carboxylic acids is 3. The Labute approximate surface area is 97.6 Å². The molecule has 0 atom stereocenters. The summed E-state index contributed by atoms with van der Waals surface area (Å²) in [6, 6.07) is 6.16. The molecule has 0 spiro atoms. The average Bonchev–Trinajstić information content (AvgIpc) is 2.50. The number of imide groups is 2. The summed E-state index contributed by atoms with van der Waals surface area (Å²) in [7, 11) is 1.28. The Balaban J connectivity index is 2.19. The fourth-order valence-corrected chi connectivity index (χ4v) is 1.56. The van der Waals surface area contributed by atoms with E-state index in [1.54, 1.807) is 24.3 Å². The van der Waals surface area contributed by atoms with Gasteiger partial charge in [-0.05, 0) is 17.7 Å². The number of nitrogens with zero attached hydrogens (tertiary/aromatic N) is 2. The zero-order chi connectivity index (χ0) is 12.6. The van der Waals surface area contributed by atoms with Gasteiger partial charge in [-0.1, -0.05) is 12.1 Å². The van der Waals surface area contributed by atoms with Crippen LogP contribution >= 0.6 is 0 Å². The quantitative estimate of drug-likeness (QED) is 0.449. The Bertz CT molecular complexity index is 495. The van der Waals surface area contributed by atoms with Crippen LogP contribution in [0.4, 0.5) is 10.5 Å². The second-order valence-corrected chi connectivity index (χ2v) is 3.78. The lowest BCUT2D eigenvalue weighted by molar-refractivity contribution is -0.143. The topological polar surface area (TPSA) is 83.7 Å². The number of nitrogens with two attached hydrogens (primary N) is 1. The van der Waals surface area contributed by atoms with E-state index in [1.807, 2.05) is 0 Å². The van der Waals surface area contributed by atoms with Gasteiger partial charge in [-0.15, -0.1) is 0 Å². The van der Waals surface area contributed by atoms with E-state index in [0.29, 0.717) is 5.69 Å². The summed E-state index contributed by atoms with van der Waals surface area (Å²) < 4.78 is 0. The van der Waals surface area contributed by atoms with Gasteiger partial charge in [-0.25, -0.2) is 4.79 Å². The first-order valence-electron chi connectivity index (χ1n) is 4.98. The molecule has 6 heteroatoms. The smallest absolute Gasteiger partial charge is 0.334 e. The van der Waals surface area contributed by atoms with E-state index >= 15 is 0 Å². The number of hydrogen-bond donors (Lipinski definition) is 1. The van der Waals surface area contributed by atoms with E-state index in [9.17, 15) is 14.4 Å². The van der Waals surface area contributed by atoms with Crippen molar-refractivity contribution < 1.29 is 14.4 Å². The molecule has 0 bridgehead atoms. The van der Waals surface area contributed by atoms with E-state index in [4.69, 9.17) is 5.73 Å². The lowest BCUT2D eigenvalue weighted by Crippen LogP contribution is -2.30. The van der Waals surface area contributed by atoms with Gasteiger partial charge < -0.3 is 5.73 Å². The Kier molecular flexibility index (Phi) is 2.55. The highest BCUT2D eigenvalue weighted by molar-refractivity contribution is 6.44. The lowest BCUT2D eigenvalue weighted by Gasteiger charge is -2.12. The predicted octanol–water partition coefficient (Wildman–Crippen LogP) is 0.189. The maximum atomic E-state index is 11.6. The van der Waals surface area contributed by atoms with Crippen LogP contribution in [0.5, 0.6) is 0 Å².